The van der Waals surface area contributed by atoms with Crippen LogP contribution in [0.25, 0.3) is 0 Å². The maximum atomic E-state index is 13.0. The summed E-state index contributed by atoms with van der Waals surface area (Å²) < 4.78 is 5.46. The fraction of sp³-hybridized carbons (Fsp3) is 0.421. The van der Waals surface area contributed by atoms with Crippen LogP contribution in [0, 0.1) is 6.92 Å². The molecule has 1 aromatic carbocycles. The third kappa shape index (κ3) is 3.74. The molecule has 0 N–H and O–H groups in total. The molecule has 8 heteroatoms. The predicted molar refractivity (Wildman–Crippen MR) is 105 cm³/mol. The molecule has 0 radical (unpaired) electrons. The first kappa shape index (κ1) is 18.5. The summed E-state index contributed by atoms with van der Waals surface area (Å²) in [4.78, 5) is 26.3. The normalized spacial score (nSPS) is 17.0. The maximum Gasteiger partial charge on any atom is 0.255 e. The van der Waals surface area contributed by atoms with Crippen molar-refractivity contribution in [3.05, 3.63) is 50.9 Å². The molecular weight excluding hydrogens is 387 g/mol. The molecule has 27 heavy (non-hydrogen) atoms. The summed E-state index contributed by atoms with van der Waals surface area (Å²) in [5.41, 5.74) is 2.51. The lowest BCUT2D eigenvalue weighted by atomic mass is 10.0. The number of anilines is 1. The maximum absolute atomic E-state index is 13.0. The Balaban J connectivity index is 1.64. The van der Waals surface area contributed by atoms with Gasteiger partial charge in [-0.3, -0.25) is 4.79 Å². The number of morpholine rings is 1. The number of benzene rings is 1. The van der Waals surface area contributed by atoms with Crippen molar-refractivity contribution in [3.63, 3.8) is 0 Å². The number of ether oxygens (including phenoxy) is 1. The van der Waals surface area contributed by atoms with Crippen molar-refractivity contribution in [1.82, 2.24) is 14.9 Å². The van der Waals surface area contributed by atoms with E-state index in [1.807, 2.05) is 6.92 Å². The number of hydrogen-bond donors (Lipinski definition) is 0. The number of aromatic nitrogens is 2. The number of fused-ring (bicyclic) bond motifs is 1. The largest absolute Gasteiger partial charge is 0.378 e. The van der Waals surface area contributed by atoms with Gasteiger partial charge in [0, 0.05) is 36.6 Å². The Bertz CT molecular complexity index is 884. The van der Waals surface area contributed by atoms with Gasteiger partial charge in [0.1, 0.15) is 11.6 Å². The zero-order valence-corrected chi connectivity index (χ0v) is 16.6. The number of rotatable bonds is 2. The highest BCUT2D eigenvalue weighted by atomic mass is 35.5. The van der Waals surface area contributed by atoms with Crippen molar-refractivity contribution >= 4 is 34.9 Å². The van der Waals surface area contributed by atoms with E-state index >= 15 is 0 Å². The van der Waals surface area contributed by atoms with Gasteiger partial charge in [0.2, 0.25) is 0 Å². The monoisotopic (exact) mass is 406 g/mol. The number of carbonyl (C=O) groups is 1. The molecule has 6 nitrogen and oxygen atoms in total. The van der Waals surface area contributed by atoms with Crippen LogP contribution in [-0.2, 0) is 17.7 Å². The second-order valence-corrected chi connectivity index (χ2v) is 7.56. The van der Waals surface area contributed by atoms with Gasteiger partial charge in [-0.25, -0.2) is 9.97 Å². The van der Waals surface area contributed by atoms with Gasteiger partial charge < -0.3 is 14.5 Å². The third-order valence-corrected chi connectivity index (χ3v) is 5.46. The minimum atomic E-state index is -0.101. The van der Waals surface area contributed by atoms with Crippen molar-refractivity contribution in [1.29, 1.82) is 0 Å². The van der Waals surface area contributed by atoms with Crippen LogP contribution in [-0.4, -0.2) is 53.6 Å². The first-order valence-electron chi connectivity index (χ1n) is 8.96. The van der Waals surface area contributed by atoms with Crippen LogP contribution in [0.2, 0.25) is 10.0 Å². The van der Waals surface area contributed by atoms with Crippen LogP contribution in [0.4, 0.5) is 5.82 Å². The van der Waals surface area contributed by atoms with Crippen LogP contribution in [0.5, 0.6) is 0 Å². The Labute approximate surface area is 168 Å². The van der Waals surface area contributed by atoms with Crippen molar-refractivity contribution in [3.8, 4) is 0 Å². The van der Waals surface area contributed by atoms with E-state index in [2.05, 4.69) is 14.9 Å². The molecule has 3 heterocycles. The van der Waals surface area contributed by atoms with Crippen LogP contribution in [0.1, 0.15) is 27.4 Å². The van der Waals surface area contributed by atoms with E-state index in [1.165, 1.54) is 0 Å². The molecule has 4 rings (SSSR count). The quantitative estimate of drug-likeness (QED) is 0.766. The number of halogens is 2. The van der Waals surface area contributed by atoms with Crippen molar-refractivity contribution in [2.24, 2.45) is 0 Å². The first-order chi connectivity index (χ1) is 13.0. The second kappa shape index (κ2) is 7.62. The molecule has 0 atom stereocenters. The van der Waals surface area contributed by atoms with Gasteiger partial charge in [-0.05, 0) is 25.1 Å². The number of hydrogen-bond acceptors (Lipinski definition) is 5. The van der Waals surface area contributed by atoms with E-state index < -0.39 is 0 Å². The number of nitrogens with zero attached hydrogens (tertiary/aromatic N) is 4. The molecule has 0 aliphatic carbocycles. The Hall–Kier alpha value is -1.89. The second-order valence-electron chi connectivity index (χ2n) is 6.72. The summed E-state index contributed by atoms with van der Waals surface area (Å²) in [6, 6.07) is 4.96. The SMILES string of the molecule is Cc1nc2c(c(N3CCOCC3)n1)CN(C(=O)c1ccc(Cl)cc1Cl)CC2. The smallest absolute Gasteiger partial charge is 0.255 e. The van der Waals surface area contributed by atoms with Crippen molar-refractivity contribution < 1.29 is 9.53 Å². The zero-order valence-electron chi connectivity index (χ0n) is 15.0. The van der Waals surface area contributed by atoms with Crippen molar-refractivity contribution in [2.45, 2.75) is 19.9 Å². The lowest BCUT2D eigenvalue weighted by Gasteiger charge is -2.34. The van der Waals surface area contributed by atoms with Crippen LogP contribution < -0.4 is 4.90 Å². The van der Waals surface area contributed by atoms with Gasteiger partial charge >= 0.3 is 0 Å². The zero-order chi connectivity index (χ0) is 19.0. The van der Waals surface area contributed by atoms with E-state index in [1.54, 1.807) is 23.1 Å². The summed E-state index contributed by atoms with van der Waals surface area (Å²) >= 11 is 12.2. The summed E-state index contributed by atoms with van der Waals surface area (Å²) in [6.45, 7) is 5.93. The lowest BCUT2D eigenvalue weighted by Crippen LogP contribution is -2.41. The predicted octanol–water partition coefficient (Wildman–Crippen LogP) is 3.13. The highest BCUT2D eigenvalue weighted by Gasteiger charge is 2.29. The molecule has 142 valence electrons. The molecule has 1 saturated heterocycles. The summed E-state index contributed by atoms with van der Waals surface area (Å²) in [7, 11) is 0. The first-order valence-corrected chi connectivity index (χ1v) is 9.72. The Kier molecular flexibility index (Phi) is 5.21. The molecular formula is C19H20Cl2N4O2. The number of aryl methyl sites for hydroxylation is 1. The molecule has 2 aromatic rings. The van der Waals surface area contributed by atoms with Gasteiger partial charge in [0.25, 0.3) is 5.91 Å². The van der Waals surface area contributed by atoms with Gasteiger partial charge in [-0.1, -0.05) is 23.2 Å². The van der Waals surface area contributed by atoms with Gasteiger partial charge in [0.15, 0.2) is 0 Å². The molecule has 1 aromatic heterocycles. The molecule has 2 aliphatic heterocycles. The molecule has 1 amide bonds. The minimum absolute atomic E-state index is 0.101. The number of amides is 1. The van der Waals surface area contributed by atoms with E-state index in [-0.39, 0.29) is 5.91 Å². The Morgan fingerprint density at radius 2 is 1.93 bits per heavy atom. The van der Waals surface area contributed by atoms with Crippen LogP contribution in [0.3, 0.4) is 0 Å². The van der Waals surface area contributed by atoms with Crippen LogP contribution >= 0.6 is 23.2 Å². The molecule has 0 spiro atoms. The van der Waals surface area contributed by atoms with Crippen LogP contribution in [0.15, 0.2) is 18.2 Å². The fourth-order valence-corrected chi connectivity index (χ4v) is 4.05. The average Bonchev–Trinajstić information content (AvgIpc) is 2.67. The standard InChI is InChI=1S/C19H20Cl2N4O2/c1-12-22-17-4-5-25(19(26)14-3-2-13(20)10-16(14)21)11-15(17)18(23-12)24-6-8-27-9-7-24/h2-3,10H,4-9,11H2,1H3. The molecule has 0 bridgehead atoms. The van der Waals surface area contributed by atoms with Gasteiger partial charge in [-0.15, -0.1) is 0 Å². The molecule has 0 saturated carbocycles. The van der Waals surface area contributed by atoms with Gasteiger partial charge in [0.05, 0.1) is 36.0 Å². The van der Waals surface area contributed by atoms with Crippen molar-refractivity contribution in [2.75, 3.05) is 37.7 Å². The molecule has 0 unspecified atom stereocenters. The van der Waals surface area contributed by atoms with E-state index in [0.717, 1.165) is 36.0 Å². The Morgan fingerprint density at radius 3 is 2.67 bits per heavy atom. The lowest BCUT2D eigenvalue weighted by molar-refractivity contribution is 0.0733. The fourth-order valence-electron chi connectivity index (χ4n) is 3.56. The summed E-state index contributed by atoms with van der Waals surface area (Å²) in [5, 5.41) is 0.880. The van der Waals surface area contributed by atoms with Gasteiger partial charge in [-0.2, -0.15) is 0 Å². The van der Waals surface area contributed by atoms with E-state index in [9.17, 15) is 4.79 Å². The molecule has 1 fully saturated rings. The highest BCUT2D eigenvalue weighted by molar-refractivity contribution is 6.36. The highest BCUT2D eigenvalue weighted by Crippen LogP contribution is 2.29. The molecule has 2 aliphatic rings. The summed E-state index contributed by atoms with van der Waals surface area (Å²) in [6.07, 6.45) is 0.701. The summed E-state index contributed by atoms with van der Waals surface area (Å²) in [5.74, 6) is 1.58. The van der Waals surface area contributed by atoms with E-state index in [4.69, 9.17) is 27.9 Å². The van der Waals surface area contributed by atoms with E-state index in [0.29, 0.717) is 48.3 Å². The average molecular weight is 407 g/mol. The Morgan fingerprint density at radius 1 is 1.15 bits per heavy atom. The number of carbonyl (C=O) groups excluding carboxylic acids is 1. The topological polar surface area (TPSA) is 58.6 Å². The minimum Gasteiger partial charge on any atom is -0.378 e. The third-order valence-electron chi connectivity index (χ3n) is 4.91.